The second-order valence-electron chi connectivity index (χ2n) is 3.66. The van der Waals surface area contributed by atoms with Crippen LogP contribution in [0.4, 0.5) is 17.5 Å². The van der Waals surface area contributed by atoms with Gasteiger partial charge in [0, 0.05) is 23.8 Å². The van der Waals surface area contributed by atoms with Crippen LogP contribution in [0.1, 0.15) is 11.3 Å². The van der Waals surface area contributed by atoms with Gasteiger partial charge in [0.25, 0.3) is 0 Å². The summed E-state index contributed by atoms with van der Waals surface area (Å²) in [5.41, 5.74) is 11.3. The topological polar surface area (TPSA) is 134 Å². The van der Waals surface area contributed by atoms with E-state index < -0.39 is 4.92 Å². The number of hydrogen-bond donors (Lipinski definition) is 2. The van der Waals surface area contributed by atoms with Crippen LogP contribution in [0.3, 0.4) is 0 Å². The lowest BCUT2D eigenvalue weighted by molar-refractivity contribution is -0.385. The zero-order chi connectivity index (χ0) is 14.0. The Morgan fingerprint density at radius 2 is 2.11 bits per heavy atom. The minimum atomic E-state index is -0.644. The fourth-order valence-corrected chi connectivity index (χ4v) is 1.76. The Labute approximate surface area is 112 Å². The van der Waals surface area contributed by atoms with Crippen molar-refractivity contribution in [2.45, 2.75) is 6.42 Å². The third-order valence-corrected chi connectivity index (χ3v) is 2.75. The van der Waals surface area contributed by atoms with Crippen molar-refractivity contribution in [2.75, 3.05) is 11.5 Å². The Morgan fingerprint density at radius 1 is 1.37 bits per heavy atom. The van der Waals surface area contributed by atoms with Crippen molar-refractivity contribution in [3.63, 3.8) is 0 Å². The summed E-state index contributed by atoms with van der Waals surface area (Å²) in [6.07, 6.45) is 3.11. The smallest absolute Gasteiger partial charge is 0.332 e. The predicted molar refractivity (Wildman–Crippen MR) is 69.6 cm³/mol. The van der Waals surface area contributed by atoms with Crippen LogP contribution in [0.25, 0.3) is 0 Å². The molecule has 0 amide bonds. The van der Waals surface area contributed by atoms with Gasteiger partial charge in [-0.15, -0.1) is 0 Å². The molecule has 0 bridgehead atoms. The molecule has 0 saturated heterocycles. The van der Waals surface area contributed by atoms with Crippen LogP contribution >= 0.6 is 11.6 Å². The minimum absolute atomic E-state index is 0.0971. The van der Waals surface area contributed by atoms with Crippen molar-refractivity contribution in [1.82, 2.24) is 15.0 Å². The standard InChI is InChI=1S/C10H9ClN6O2/c11-6-1-2-14-4-5(6)3-7-8(17(18)19)9(12)16-10(13)15-7/h1-2,4H,3H2,(H4,12,13,15,16). The average molecular weight is 281 g/mol. The summed E-state index contributed by atoms with van der Waals surface area (Å²) in [5, 5.41) is 11.4. The maximum Gasteiger partial charge on any atom is 0.332 e. The van der Waals surface area contributed by atoms with E-state index in [0.29, 0.717) is 10.6 Å². The minimum Gasteiger partial charge on any atom is -0.378 e. The maximum atomic E-state index is 11.0. The lowest BCUT2D eigenvalue weighted by Gasteiger charge is -2.06. The number of rotatable bonds is 3. The number of halogens is 1. The maximum absolute atomic E-state index is 11.0. The highest BCUT2D eigenvalue weighted by Crippen LogP contribution is 2.27. The summed E-state index contributed by atoms with van der Waals surface area (Å²) in [6.45, 7) is 0. The molecule has 98 valence electrons. The number of anilines is 2. The molecule has 2 aromatic heterocycles. The summed E-state index contributed by atoms with van der Waals surface area (Å²) < 4.78 is 0. The number of aromatic nitrogens is 3. The van der Waals surface area contributed by atoms with Gasteiger partial charge >= 0.3 is 5.69 Å². The van der Waals surface area contributed by atoms with E-state index in [1.807, 2.05) is 0 Å². The molecule has 0 spiro atoms. The fourth-order valence-electron chi connectivity index (χ4n) is 1.58. The fraction of sp³-hybridized carbons (Fsp3) is 0.100. The van der Waals surface area contributed by atoms with Gasteiger partial charge in [-0.3, -0.25) is 15.1 Å². The highest BCUT2D eigenvalue weighted by atomic mass is 35.5. The zero-order valence-corrected chi connectivity index (χ0v) is 10.3. The molecule has 0 radical (unpaired) electrons. The van der Waals surface area contributed by atoms with Crippen molar-refractivity contribution in [3.05, 3.63) is 44.9 Å². The van der Waals surface area contributed by atoms with Crippen molar-refractivity contribution >= 4 is 29.1 Å². The lowest BCUT2D eigenvalue weighted by atomic mass is 10.1. The van der Waals surface area contributed by atoms with Crippen molar-refractivity contribution in [2.24, 2.45) is 0 Å². The molecule has 2 aromatic rings. The molecule has 0 fully saturated rings. The Hall–Kier alpha value is -2.48. The van der Waals surface area contributed by atoms with Gasteiger partial charge in [-0.1, -0.05) is 11.6 Å². The highest BCUT2D eigenvalue weighted by molar-refractivity contribution is 6.31. The SMILES string of the molecule is Nc1nc(N)c([N+](=O)[O-])c(Cc2cnccc2Cl)n1. The molecular weight excluding hydrogens is 272 g/mol. The molecule has 8 nitrogen and oxygen atoms in total. The van der Waals surface area contributed by atoms with E-state index in [1.54, 1.807) is 6.07 Å². The molecule has 2 heterocycles. The van der Waals surface area contributed by atoms with Crippen LogP contribution in [0.5, 0.6) is 0 Å². The Morgan fingerprint density at radius 3 is 2.74 bits per heavy atom. The molecule has 0 unspecified atom stereocenters. The molecule has 0 aliphatic heterocycles. The largest absolute Gasteiger partial charge is 0.378 e. The van der Waals surface area contributed by atoms with E-state index in [2.05, 4.69) is 15.0 Å². The Kier molecular flexibility index (Phi) is 3.43. The summed E-state index contributed by atoms with van der Waals surface area (Å²) in [7, 11) is 0. The van der Waals surface area contributed by atoms with Crippen LogP contribution in [-0.2, 0) is 6.42 Å². The predicted octanol–water partition coefficient (Wildman–Crippen LogP) is 1.19. The number of nitrogen functional groups attached to an aromatic ring is 2. The molecule has 0 aromatic carbocycles. The summed E-state index contributed by atoms with van der Waals surface area (Å²) >= 11 is 5.97. The molecule has 0 saturated carbocycles. The molecule has 4 N–H and O–H groups in total. The number of hydrogen-bond acceptors (Lipinski definition) is 7. The third kappa shape index (κ3) is 2.68. The average Bonchev–Trinajstić information content (AvgIpc) is 2.30. The van der Waals surface area contributed by atoms with Gasteiger partial charge in [-0.2, -0.15) is 4.98 Å². The number of nitro groups is 1. The second-order valence-corrected chi connectivity index (χ2v) is 4.07. The third-order valence-electron chi connectivity index (χ3n) is 2.39. The van der Waals surface area contributed by atoms with E-state index in [0.717, 1.165) is 0 Å². The normalized spacial score (nSPS) is 10.4. The molecule has 19 heavy (non-hydrogen) atoms. The number of pyridine rings is 1. The van der Waals surface area contributed by atoms with Gasteiger partial charge in [0.05, 0.1) is 4.92 Å². The quantitative estimate of drug-likeness (QED) is 0.637. The van der Waals surface area contributed by atoms with Gasteiger partial charge in [0.1, 0.15) is 5.69 Å². The second kappa shape index (κ2) is 5.02. The van der Waals surface area contributed by atoms with E-state index >= 15 is 0 Å². The van der Waals surface area contributed by atoms with Gasteiger partial charge in [-0.25, -0.2) is 4.98 Å². The first-order valence-electron chi connectivity index (χ1n) is 5.13. The lowest BCUT2D eigenvalue weighted by Crippen LogP contribution is -2.09. The molecule has 2 rings (SSSR count). The number of nitrogens with zero attached hydrogens (tertiary/aromatic N) is 4. The first kappa shape index (κ1) is 13.0. The van der Waals surface area contributed by atoms with Crippen molar-refractivity contribution in [1.29, 1.82) is 0 Å². The monoisotopic (exact) mass is 280 g/mol. The Balaban J connectivity index is 2.51. The van der Waals surface area contributed by atoms with Gasteiger partial charge in [-0.05, 0) is 11.6 Å². The van der Waals surface area contributed by atoms with E-state index in [1.165, 1.54) is 12.4 Å². The molecule has 0 atom stereocenters. The molecular formula is C10H9ClN6O2. The first-order valence-corrected chi connectivity index (χ1v) is 5.51. The van der Waals surface area contributed by atoms with Crippen LogP contribution in [0.15, 0.2) is 18.5 Å². The van der Waals surface area contributed by atoms with Gasteiger partial charge < -0.3 is 11.5 Å². The van der Waals surface area contributed by atoms with Crippen LogP contribution in [0, 0.1) is 10.1 Å². The van der Waals surface area contributed by atoms with Crippen LogP contribution in [0.2, 0.25) is 5.02 Å². The Bertz CT molecular complexity index is 648. The molecule has 9 heteroatoms. The van der Waals surface area contributed by atoms with E-state index in [4.69, 9.17) is 23.1 Å². The van der Waals surface area contributed by atoms with Gasteiger partial charge in [0.2, 0.25) is 11.8 Å². The molecule has 0 aliphatic carbocycles. The first-order chi connectivity index (χ1) is 8.99. The van der Waals surface area contributed by atoms with E-state index in [9.17, 15) is 10.1 Å². The zero-order valence-electron chi connectivity index (χ0n) is 9.58. The van der Waals surface area contributed by atoms with Crippen LogP contribution < -0.4 is 11.5 Å². The summed E-state index contributed by atoms with van der Waals surface area (Å²) in [6, 6.07) is 1.58. The highest BCUT2D eigenvalue weighted by Gasteiger charge is 2.23. The summed E-state index contributed by atoms with van der Waals surface area (Å²) in [5.74, 6) is -0.398. The van der Waals surface area contributed by atoms with E-state index in [-0.39, 0.29) is 29.6 Å². The van der Waals surface area contributed by atoms with Crippen molar-refractivity contribution < 1.29 is 4.92 Å². The molecule has 0 aliphatic rings. The number of nitrogens with two attached hydrogens (primary N) is 2. The van der Waals surface area contributed by atoms with Crippen LogP contribution in [-0.4, -0.2) is 19.9 Å². The summed E-state index contributed by atoms with van der Waals surface area (Å²) in [4.78, 5) is 21.7. The van der Waals surface area contributed by atoms with Crippen molar-refractivity contribution in [3.8, 4) is 0 Å². The van der Waals surface area contributed by atoms with Gasteiger partial charge in [0.15, 0.2) is 0 Å².